The van der Waals surface area contributed by atoms with E-state index < -0.39 is 0 Å². The molecular weight excluding hydrogens is 206 g/mol. The summed E-state index contributed by atoms with van der Waals surface area (Å²) in [5, 5.41) is 0. The second-order valence-electron chi connectivity index (χ2n) is 6.65. The van der Waals surface area contributed by atoms with Crippen molar-refractivity contribution in [2.75, 3.05) is 4.90 Å². The summed E-state index contributed by atoms with van der Waals surface area (Å²) in [6, 6.07) is 8.91. The van der Waals surface area contributed by atoms with Crippen molar-refractivity contribution in [3.8, 4) is 0 Å². The van der Waals surface area contributed by atoms with Gasteiger partial charge in [0.15, 0.2) is 0 Å². The van der Waals surface area contributed by atoms with Crippen LogP contribution >= 0.6 is 0 Å². The molecule has 0 atom stereocenters. The van der Waals surface area contributed by atoms with E-state index in [1.165, 1.54) is 30.5 Å². The lowest BCUT2D eigenvalue weighted by Crippen LogP contribution is -2.59. The number of aryl methyl sites for hydroxylation is 1. The quantitative estimate of drug-likeness (QED) is 0.685. The van der Waals surface area contributed by atoms with Crippen LogP contribution in [0.4, 0.5) is 5.69 Å². The molecular formula is C16H25N. The molecule has 94 valence electrons. The van der Waals surface area contributed by atoms with Crippen molar-refractivity contribution in [2.45, 2.75) is 65.0 Å². The molecule has 1 aromatic rings. The summed E-state index contributed by atoms with van der Waals surface area (Å²) in [5.74, 6) is 0. The molecule has 1 heterocycles. The number of anilines is 1. The van der Waals surface area contributed by atoms with E-state index in [0.717, 1.165) is 0 Å². The molecule has 0 N–H and O–H groups in total. The van der Waals surface area contributed by atoms with Gasteiger partial charge in [-0.05, 0) is 71.6 Å². The van der Waals surface area contributed by atoms with E-state index in [1.807, 2.05) is 0 Å². The fourth-order valence-electron chi connectivity index (χ4n) is 3.46. The number of piperidine rings is 1. The van der Waals surface area contributed by atoms with Gasteiger partial charge in [0.05, 0.1) is 0 Å². The smallest absolute Gasteiger partial charge is 0.0377 e. The molecule has 1 aliphatic rings. The van der Waals surface area contributed by atoms with Crippen molar-refractivity contribution in [3.05, 3.63) is 29.8 Å². The summed E-state index contributed by atoms with van der Waals surface area (Å²) >= 11 is 0. The molecule has 0 aromatic heterocycles. The Balaban J connectivity index is 2.45. The fraction of sp³-hybridized carbons (Fsp3) is 0.625. The van der Waals surface area contributed by atoms with E-state index in [4.69, 9.17) is 0 Å². The van der Waals surface area contributed by atoms with Gasteiger partial charge in [-0.25, -0.2) is 0 Å². The monoisotopic (exact) mass is 231 g/mol. The van der Waals surface area contributed by atoms with Gasteiger partial charge in [0, 0.05) is 16.8 Å². The maximum absolute atomic E-state index is 2.62. The Labute approximate surface area is 106 Å². The summed E-state index contributed by atoms with van der Waals surface area (Å²) in [5.41, 5.74) is 3.24. The maximum atomic E-state index is 2.62. The van der Waals surface area contributed by atoms with Gasteiger partial charge in [0.25, 0.3) is 0 Å². The van der Waals surface area contributed by atoms with Gasteiger partial charge in [-0.1, -0.05) is 12.1 Å². The highest BCUT2D eigenvalue weighted by atomic mass is 15.3. The lowest BCUT2D eigenvalue weighted by Gasteiger charge is -2.54. The van der Waals surface area contributed by atoms with Gasteiger partial charge in [-0.15, -0.1) is 0 Å². The zero-order valence-corrected chi connectivity index (χ0v) is 11.9. The molecule has 1 fully saturated rings. The van der Waals surface area contributed by atoms with Crippen LogP contribution in [0.15, 0.2) is 24.3 Å². The van der Waals surface area contributed by atoms with Crippen molar-refractivity contribution in [1.82, 2.24) is 0 Å². The van der Waals surface area contributed by atoms with Gasteiger partial charge < -0.3 is 4.90 Å². The SMILES string of the molecule is Cc1cccc(N2C(C)(C)CCCC2(C)C)c1. The molecule has 1 aliphatic heterocycles. The predicted molar refractivity (Wildman–Crippen MR) is 75.7 cm³/mol. The Hall–Kier alpha value is -0.980. The maximum Gasteiger partial charge on any atom is 0.0377 e. The Morgan fingerprint density at radius 2 is 1.59 bits per heavy atom. The summed E-state index contributed by atoms with van der Waals surface area (Å²) in [6.45, 7) is 11.7. The number of hydrogen-bond donors (Lipinski definition) is 0. The molecule has 0 amide bonds. The lowest BCUT2D eigenvalue weighted by molar-refractivity contribution is 0.244. The van der Waals surface area contributed by atoms with E-state index in [9.17, 15) is 0 Å². The second kappa shape index (κ2) is 4.04. The van der Waals surface area contributed by atoms with Crippen LogP contribution in [0.1, 0.15) is 52.5 Å². The molecule has 0 bridgehead atoms. The average molecular weight is 231 g/mol. The Bertz CT molecular complexity index is 388. The van der Waals surface area contributed by atoms with Gasteiger partial charge >= 0.3 is 0 Å². The van der Waals surface area contributed by atoms with E-state index in [1.54, 1.807) is 0 Å². The molecule has 2 rings (SSSR count). The minimum atomic E-state index is 0.259. The molecule has 0 radical (unpaired) electrons. The topological polar surface area (TPSA) is 3.24 Å². The molecule has 0 saturated carbocycles. The third-order valence-corrected chi connectivity index (χ3v) is 4.05. The first-order valence-corrected chi connectivity index (χ1v) is 6.70. The normalized spacial score (nSPS) is 22.5. The summed E-state index contributed by atoms with van der Waals surface area (Å²) in [4.78, 5) is 2.62. The minimum Gasteiger partial charge on any atom is -0.361 e. The molecule has 1 saturated heterocycles. The van der Waals surface area contributed by atoms with E-state index >= 15 is 0 Å². The van der Waals surface area contributed by atoms with Crippen LogP contribution in [0, 0.1) is 6.92 Å². The molecule has 1 nitrogen and oxygen atoms in total. The standard InChI is InChI=1S/C16H25N/c1-13-8-6-9-14(12-13)17-15(2,3)10-7-11-16(17,4)5/h6,8-9,12H,7,10-11H2,1-5H3. The van der Waals surface area contributed by atoms with Crippen molar-refractivity contribution in [2.24, 2.45) is 0 Å². The van der Waals surface area contributed by atoms with Crippen molar-refractivity contribution in [3.63, 3.8) is 0 Å². The van der Waals surface area contributed by atoms with Gasteiger partial charge in [-0.2, -0.15) is 0 Å². The molecule has 17 heavy (non-hydrogen) atoms. The summed E-state index contributed by atoms with van der Waals surface area (Å²) in [7, 11) is 0. The highest BCUT2D eigenvalue weighted by molar-refractivity contribution is 5.53. The van der Waals surface area contributed by atoms with Crippen LogP contribution in [0.2, 0.25) is 0 Å². The highest BCUT2D eigenvalue weighted by Gasteiger charge is 2.41. The first-order valence-electron chi connectivity index (χ1n) is 6.70. The zero-order valence-electron chi connectivity index (χ0n) is 11.9. The Kier molecular flexibility index (Phi) is 2.97. The molecule has 0 unspecified atom stereocenters. The number of rotatable bonds is 1. The van der Waals surface area contributed by atoms with E-state index in [-0.39, 0.29) is 11.1 Å². The first-order chi connectivity index (χ1) is 7.83. The van der Waals surface area contributed by atoms with Crippen LogP contribution in [-0.4, -0.2) is 11.1 Å². The predicted octanol–water partition coefficient (Wildman–Crippen LogP) is 4.54. The lowest BCUT2D eigenvalue weighted by atomic mass is 9.79. The zero-order chi connectivity index (χ0) is 12.7. The fourth-order valence-corrected chi connectivity index (χ4v) is 3.46. The Morgan fingerprint density at radius 3 is 2.12 bits per heavy atom. The first kappa shape index (κ1) is 12.5. The van der Waals surface area contributed by atoms with Crippen LogP contribution in [-0.2, 0) is 0 Å². The van der Waals surface area contributed by atoms with Crippen LogP contribution < -0.4 is 4.90 Å². The highest BCUT2D eigenvalue weighted by Crippen LogP contribution is 2.41. The largest absolute Gasteiger partial charge is 0.361 e. The Morgan fingerprint density at radius 1 is 1.00 bits per heavy atom. The van der Waals surface area contributed by atoms with Crippen LogP contribution in [0.3, 0.4) is 0 Å². The number of nitrogens with zero attached hydrogens (tertiary/aromatic N) is 1. The minimum absolute atomic E-state index is 0.259. The number of benzene rings is 1. The van der Waals surface area contributed by atoms with E-state index in [2.05, 4.69) is 63.8 Å². The van der Waals surface area contributed by atoms with E-state index in [0.29, 0.717) is 0 Å². The summed E-state index contributed by atoms with van der Waals surface area (Å²) < 4.78 is 0. The van der Waals surface area contributed by atoms with Crippen LogP contribution in [0.5, 0.6) is 0 Å². The molecule has 0 spiro atoms. The third-order valence-electron chi connectivity index (χ3n) is 4.05. The van der Waals surface area contributed by atoms with Gasteiger partial charge in [-0.3, -0.25) is 0 Å². The van der Waals surface area contributed by atoms with Gasteiger partial charge in [0.2, 0.25) is 0 Å². The van der Waals surface area contributed by atoms with Gasteiger partial charge in [0.1, 0.15) is 0 Å². The average Bonchev–Trinajstić information content (AvgIpc) is 2.14. The molecule has 1 aromatic carbocycles. The molecule has 1 heteroatoms. The van der Waals surface area contributed by atoms with Crippen molar-refractivity contribution >= 4 is 5.69 Å². The third kappa shape index (κ3) is 2.34. The van der Waals surface area contributed by atoms with Crippen molar-refractivity contribution < 1.29 is 0 Å². The molecule has 0 aliphatic carbocycles. The number of hydrogen-bond acceptors (Lipinski definition) is 1. The summed E-state index contributed by atoms with van der Waals surface area (Å²) in [6.07, 6.45) is 3.90. The second-order valence-corrected chi connectivity index (χ2v) is 6.65. The van der Waals surface area contributed by atoms with Crippen molar-refractivity contribution in [1.29, 1.82) is 0 Å². The van der Waals surface area contributed by atoms with Crippen LogP contribution in [0.25, 0.3) is 0 Å².